The van der Waals surface area contributed by atoms with E-state index >= 15 is 0 Å². The van der Waals surface area contributed by atoms with Gasteiger partial charge in [0.05, 0.1) is 11.5 Å². The highest BCUT2D eigenvalue weighted by molar-refractivity contribution is 7.89. The molecule has 0 radical (unpaired) electrons. The van der Waals surface area contributed by atoms with Gasteiger partial charge in [0, 0.05) is 57.0 Å². The number of aromatic hydroxyl groups is 1. The molecule has 2 aromatic rings. The number of hydrogen-bond donors (Lipinski definition) is 3. The van der Waals surface area contributed by atoms with Crippen LogP contribution in [0.15, 0.2) is 53.4 Å². The number of nitrogens with one attached hydrogen (secondary N) is 1. The van der Waals surface area contributed by atoms with E-state index in [9.17, 15) is 18.3 Å². The molecule has 4 rings (SSSR count). The van der Waals surface area contributed by atoms with Gasteiger partial charge in [-0.25, -0.2) is 13.2 Å². The summed E-state index contributed by atoms with van der Waals surface area (Å²) in [6.45, 7) is 2.88. The second-order valence-electron chi connectivity index (χ2n) is 9.42. The van der Waals surface area contributed by atoms with Gasteiger partial charge < -0.3 is 20.5 Å². The van der Waals surface area contributed by atoms with Crippen molar-refractivity contribution in [1.29, 1.82) is 5.41 Å². The van der Waals surface area contributed by atoms with Gasteiger partial charge in [0.15, 0.2) is 0 Å². The summed E-state index contributed by atoms with van der Waals surface area (Å²) < 4.78 is 32.8. The number of amides is 2. The number of benzene rings is 2. The number of phenols is 1. The molecule has 10 nitrogen and oxygen atoms in total. The number of carbonyl (C=O) groups excluding carboxylic acids is 1. The number of carbonyl (C=O) groups is 1. The molecular weight excluding hydrogens is 482 g/mol. The summed E-state index contributed by atoms with van der Waals surface area (Å²) in [5, 5.41) is 17.2. The van der Waals surface area contributed by atoms with Gasteiger partial charge in [0.25, 0.3) is 0 Å². The highest BCUT2D eigenvalue weighted by Crippen LogP contribution is 2.29. The first-order valence-corrected chi connectivity index (χ1v) is 13.4. The molecule has 194 valence electrons. The Hall–Kier alpha value is -3.15. The number of anilines is 1. The Morgan fingerprint density at radius 2 is 1.81 bits per heavy atom. The molecule has 36 heavy (non-hydrogen) atoms. The van der Waals surface area contributed by atoms with Crippen LogP contribution in [0.2, 0.25) is 0 Å². The molecule has 0 spiro atoms. The van der Waals surface area contributed by atoms with Crippen LogP contribution in [-0.2, 0) is 14.8 Å². The highest BCUT2D eigenvalue weighted by Gasteiger charge is 2.36. The standard InChI is InChI=1S/C25H33N5O5S/c1-35-17-19-15-28(25(32)30(16-19)21-4-2-3-20(13-21)24(26)27)14-18-9-11-29(12-10-18)36(33,34)23-7-5-22(31)6-8-23/h2-8,13,18-19,31H,9-12,14-17H2,1H3,(H3,26,27). The number of urea groups is 1. The average Bonchev–Trinajstić information content (AvgIpc) is 2.86. The van der Waals surface area contributed by atoms with Gasteiger partial charge in [-0.1, -0.05) is 12.1 Å². The molecular formula is C25H33N5O5S. The van der Waals surface area contributed by atoms with Crippen LogP contribution in [0.4, 0.5) is 10.5 Å². The number of ether oxygens (including phenoxy) is 1. The van der Waals surface area contributed by atoms with E-state index in [0.29, 0.717) is 63.4 Å². The fourth-order valence-corrected chi connectivity index (χ4v) is 6.39. The predicted molar refractivity (Wildman–Crippen MR) is 137 cm³/mol. The van der Waals surface area contributed by atoms with Crippen molar-refractivity contribution < 1.29 is 23.1 Å². The summed E-state index contributed by atoms with van der Waals surface area (Å²) in [4.78, 5) is 17.2. The van der Waals surface area contributed by atoms with Crippen LogP contribution in [0.1, 0.15) is 18.4 Å². The molecule has 1 unspecified atom stereocenters. The highest BCUT2D eigenvalue weighted by atomic mass is 32.2. The summed E-state index contributed by atoms with van der Waals surface area (Å²) >= 11 is 0. The van der Waals surface area contributed by atoms with Crippen molar-refractivity contribution >= 4 is 27.6 Å². The predicted octanol–water partition coefficient (Wildman–Crippen LogP) is 2.28. The van der Waals surface area contributed by atoms with E-state index in [1.165, 1.54) is 28.6 Å². The monoisotopic (exact) mass is 515 g/mol. The van der Waals surface area contributed by atoms with Gasteiger partial charge in [-0.2, -0.15) is 4.31 Å². The van der Waals surface area contributed by atoms with E-state index < -0.39 is 10.0 Å². The fraction of sp³-hybridized carbons (Fsp3) is 0.440. The first-order valence-electron chi connectivity index (χ1n) is 12.0. The van der Waals surface area contributed by atoms with Crippen LogP contribution >= 0.6 is 0 Å². The van der Waals surface area contributed by atoms with Crippen molar-refractivity contribution in [2.45, 2.75) is 17.7 Å². The lowest BCUT2D eigenvalue weighted by atomic mass is 9.96. The minimum atomic E-state index is -3.63. The molecule has 0 aliphatic carbocycles. The van der Waals surface area contributed by atoms with Gasteiger partial charge >= 0.3 is 6.03 Å². The van der Waals surface area contributed by atoms with Crippen LogP contribution < -0.4 is 10.6 Å². The first-order chi connectivity index (χ1) is 17.2. The Balaban J connectivity index is 1.43. The SMILES string of the molecule is COCC1CN(CC2CCN(S(=O)(=O)c3ccc(O)cc3)CC2)C(=O)N(c2cccc(C(=N)N)c2)C1. The second kappa shape index (κ2) is 10.9. The van der Waals surface area contributed by atoms with E-state index in [0.717, 1.165) is 0 Å². The number of phenolic OH excluding ortho intramolecular Hbond substituents is 1. The van der Waals surface area contributed by atoms with Crippen molar-refractivity contribution in [2.75, 3.05) is 51.3 Å². The van der Waals surface area contributed by atoms with Crippen molar-refractivity contribution in [3.05, 3.63) is 54.1 Å². The molecule has 2 amide bonds. The number of rotatable bonds is 8. The Morgan fingerprint density at radius 3 is 2.44 bits per heavy atom. The molecule has 11 heteroatoms. The van der Waals surface area contributed by atoms with E-state index in [2.05, 4.69) is 0 Å². The molecule has 1 atom stereocenters. The number of nitrogens with two attached hydrogens (primary N) is 1. The normalized spacial score (nSPS) is 20.0. The van der Waals surface area contributed by atoms with Gasteiger partial charge in [0.1, 0.15) is 11.6 Å². The Bertz CT molecular complexity index is 1200. The van der Waals surface area contributed by atoms with Crippen LogP contribution in [0.25, 0.3) is 0 Å². The number of hydrogen-bond acceptors (Lipinski definition) is 6. The summed E-state index contributed by atoms with van der Waals surface area (Å²) in [5.74, 6) is 0.254. The molecule has 0 aromatic heterocycles. The topological polar surface area (TPSA) is 140 Å². The summed E-state index contributed by atoms with van der Waals surface area (Å²) in [6.07, 6.45) is 1.30. The Labute approximate surface area is 211 Å². The maximum absolute atomic E-state index is 13.5. The number of methoxy groups -OCH3 is 1. The zero-order chi connectivity index (χ0) is 25.9. The van der Waals surface area contributed by atoms with Crippen LogP contribution in [0.3, 0.4) is 0 Å². The number of amidine groups is 1. The summed E-state index contributed by atoms with van der Waals surface area (Å²) in [6, 6.07) is 12.6. The minimum Gasteiger partial charge on any atom is -0.508 e. The molecule has 0 bridgehead atoms. The van der Waals surface area contributed by atoms with Gasteiger partial charge in [-0.05, 0) is 55.2 Å². The van der Waals surface area contributed by atoms with Crippen LogP contribution in [-0.4, -0.2) is 81.0 Å². The largest absolute Gasteiger partial charge is 0.508 e. The van der Waals surface area contributed by atoms with Gasteiger partial charge in [-0.3, -0.25) is 10.3 Å². The molecule has 0 saturated carbocycles. The summed E-state index contributed by atoms with van der Waals surface area (Å²) in [7, 11) is -1.98. The van der Waals surface area contributed by atoms with E-state index in [4.69, 9.17) is 15.9 Å². The lowest BCUT2D eigenvalue weighted by molar-refractivity contribution is 0.105. The molecule has 4 N–H and O–H groups in total. The first kappa shape index (κ1) is 25.9. The van der Waals surface area contributed by atoms with Crippen LogP contribution in [0.5, 0.6) is 5.75 Å². The van der Waals surface area contributed by atoms with Crippen LogP contribution in [0, 0.1) is 17.2 Å². The smallest absolute Gasteiger partial charge is 0.324 e. The lowest BCUT2D eigenvalue weighted by Gasteiger charge is -2.42. The average molecular weight is 516 g/mol. The number of piperidine rings is 1. The molecule has 2 aliphatic rings. The molecule has 2 saturated heterocycles. The minimum absolute atomic E-state index is 0.0210. The number of nitrogens with zero attached hydrogens (tertiary/aromatic N) is 3. The second-order valence-corrected chi connectivity index (χ2v) is 11.4. The zero-order valence-electron chi connectivity index (χ0n) is 20.3. The Morgan fingerprint density at radius 1 is 1.11 bits per heavy atom. The zero-order valence-corrected chi connectivity index (χ0v) is 21.2. The third-order valence-electron chi connectivity index (χ3n) is 6.82. The van der Waals surface area contributed by atoms with E-state index in [1.54, 1.807) is 30.2 Å². The van der Waals surface area contributed by atoms with E-state index in [-0.39, 0.29) is 34.3 Å². The molecule has 2 aliphatic heterocycles. The van der Waals surface area contributed by atoms with Crippen molar-refractivity contribution in [3.8, 4) is 5.75 Å². The van der Waals surface area contributed by atoms with Crippen molar-refractivity contribution in [3.63, 3.8) is 0 Å². The number of sulfonamides is 1. The Kier molecular flexibility index (Phi) is 7.82. The maximum atomic E-state index is 13.5. The molecule has 2 fully saturated rings. The molecule has 2 aromatic carbocycles. The fourth-order valence-electron chi connectivity index (χ4n) is 4.92. The lowest BCUT2D eigenvalue weighted by Crippen LogP contribution is -2.56. The summed E-state index contributed by atoms with van der Waals surface area (Å²) in [5.41, 5.74) is 6.90. The van der Waals surface area contributed by atoms with Gasteiger partial charge in [-0.15, -0.1) is 0 Å². The third kappa shape index (κ3) is 5.63. The third-order valence-corrected chi connectivity index (χ3v) is 8.73. The van der Waals surface area contributed by atoms with Crippen molar-refractivity contribution in [1.82, 2.24) is 9.21 Å². The maximum Gasteiger partial charge on any atom is 0.324 e. The van der Waals surface area contributed by atoms with E-state index in [1.807, 2.05) is 11.0 Å². The molecule has 2 heterocycles. The van der Waals surface area contributed by atoms with Crippen molar-refractivity contribution in [2.24, 2.45) is 17.6 Å². The van der Waals surface area contributed by atoms with Gasteiger partial charge in [0.2, 0.25) is 10.0 Å². The quantitative estimate of drug-likeness (QED) is 0.364. The number of nitrogen functional groups attached to an aromatic ring is 1.